The maximum absolute atomic E-state index is 12.6. The van der Waals surface area contributed by atoms with E-state index in [4.69, 9.17) is 10.5 Å². The van der Waals surface area contributed by atoms with Gasteiger partial charge in [0.1, 0.15) is 5.75 Å². The van der Waals surface area contributed by atoms with Crippen molar-refractivity contribution >= 4 is 33.2 Å². The molecule has 1 atom stereocenters. The van der Waals surface area contributed by atoms with Crippen molar-refractivity contribution in [3.05, 3.63) is 53.6 Å². The molecule has 8 nitrogen and oxygen atoms in total. The number of anilines is 2. The third-order valence-electron chi connectivity index (χ3n) is 4.09. The summed E-state index contributed by atoms with van der Waals surface area (Å²) in [7, 11) is -3.60. The molecule has 142 valence electrons. The minimum Gasteiger partial charge on any atom is -0.476 e. The Morgan fingerprint density at radius 2 is 1.96 bits per heavy atom. The van der Waals surface area contributed by atoms with Gasteiger partial charge in [-0.1, -0.05) is 12.1 Å². The van der Waals surface area contributed by atoms with Crippen molar-refractivity contribution in [1.29, 1.82) is 0 Å². The Bertz CT molecular complexity index is 1020. The number of aryl methyl sites for hydroxylation is 1. The Morgan fingerprint density at radius 1 is 1.22 bits per heavy atom. The van der Waals surface area contributed by atoms with Crippen LogP contribution >= 0.6 is 0 Å². The molecule has 1 heterocycles. The van der Waals surface area contributed by atoms with Crippen LogP contribution in [0.15, 0.2) is 42.5 Å². The Balaban J connectivity index is 1.87. The smallest absolute Gasteiger partial charge is 0.267 e. The molecular weight excluding hydrogens is 370 g/mol. The van der Waals surface area contributed by atoms with Crippen molar-refractivity contribution in [2.75, 3.05) is 22.4 Å². The highest BCUT2D eigenvalue weighted by atomic mass is 32.2. The maximum atomic E-state index is 12.6. The molecule has 3 rings (SSSR count). The monoisotopic (exact) mass is 389 g/mol. The number of hydrogen-bond acceptors (Lipinski definition) is 5. The quantitative estimate of drug-likeness (QED) is 0.816. The van der Waals surface area contributed by atoms with Crippen molar-refractivity contribution in [1.82, 2.24) is 0 Å². The second kappa shape index (κ2) is 6.92. The molecule has 0 aliphatic carbocycles. The molecule has 0 fully saturated rings. The van der Waals surface area contributed by atoms with Crippen molar-refractivity contribution < 1.29 is 22.7 Å². The predicted octanol–water partition coefficient (Wildman–Crippen LogP) is 1.26. The van der Waals surface area contributed by atoms with Crippen LogP contribution in [0.1, 0.15) is 15.9 Å². The minimum atomic E-state index is -3.60. The van der Waals surface area contributed by atoms with Crippen LogP contribution in [0.4, 0.5) is 11.4 Å². The molecule has 0 spiro atoms. The van der Waals surface area contributed by atoms with Crippen LogP contribution in [-0.4, -0.2) is 39.1 Å². The fraction of sp³-hybridized carbons (Fsp3) is 0.222. The Kier molecular flexibility index (Phi) is 4.79. The highest BCUT2D eigenvalue weighted by molar-refractivity contribution is 7.92. The molecule has 1 aliphatic rings. The summed E-state index contributed by atoms with van der Waals surface area (Å²) in [6.45, 7) is 1.68. The van der Waals surface area contributed by atoms with Gasteiger partial charge in [-0.15, -0.1) is 0 Å². The number of rotatable bonds is 4. The van der Waals surface area contributed by atoms with Gasteiger partial charge in [0.15, 0.2) is 6.10 Å². The van der Waals surface area contributed by atoms with Crippen molar-refractivity contribution in [3.8, 4) is 5.75 Å². The van der Waals surface area contributed by atoms with Gasteiger partial charge in [0.2, 0.25) is 15.9 Å². The molecule has 2 aromatic rings. The average molecular weight is 389 g/mol. The van der Waals surface area contributed by atoms with E-state index in [1.807, 2.05) is 6.92 Å². The van der Waals surface area contributed by atoms with Crippen molar-refractivity contribution in [2.45, 2.75) is 13.0 Å². The number of nitrogens with two attached hydrogens (primary N) is 1. The number of sulfonamides is 1. The zero-order chi connectivity index (χ0) is 19.8. The molecule has 1 aliphatic heterocycles. The van der Waals surface area contributed by atoms with Crippen LogP contribution in [0.25, 0.3) is 0 Å². The lowest BCUT2D eigenvalue weighted by Crippen LogP contribution is -2.48. The molecule has 0 saturated heterocycles. The van der Waals surface area contributed by atoms with Crippen molar-refractivity contribution in [3.63, 3.8) is 0 Å². The molecule has 0 bridgehead atoms. The lowest BCUT2D eigenvalue weighted by atomic mass is 10.1. The van der Waals surface area contributed by atoms with E-state index >= 15 is 0 Å². The summed E-state index contributed by atoms with van der Waals surface area (Å²) in [5.74, 6) is -0.840. The van der Waals surface area contributed by atoms with Crippen LogP contribution in [0, 0.1) is 6.92 Å². The standard InChI is InChI=1S/C18H19N3O5S/c1-11-6-7-15-14(8-11)21(27(2,24)25)10-16(26-15)18(23)20-13-5-3-4-12(9-13)17(19)22/h3-9,16H,10H2,1-2H3,(H2,19,22)(H,20,23). The van der Waals surface area contributed by atoms with Gasteiger partial charge < -0.3 is 15.8 Å². The Hall–Kier alpha value is -3.07. The Morgan fingerprint density at radius 3 is 2.63 bits per heavy atom. The summed E-state index contributed by atoms with van der Waals surface area (Å²) in [5, 5.41) is 2.63. The number of nitrogens with one attached hydrogen (secondary N) is 1. The highest BCUT2D eigenvalue weighted by Gasteiger charge is 2.35. The molecule has 3 N–H and O–H groups in total. The predicted molar refractivity (Wildman–Crippen MR) is 101 cm³/mol. The van der Waals surface area contributed by atoms with Gasteiger partial charge >= 0.3 is 0 Å². The topological polar surface area (TPSA) is 119 Å². The number of primary amides is 1. The number of fused-ring (bicyclic) bond motifs is 1. The second-order valence-corrected chi connectivity index (χ2v) is 8.21. The Labute approximate surface area is 157 Å². The molecule has 9 heteroatoms. The molecule has 0 aromatic heterocycles. The number of hydrogen-bond donors (Lipinski definition) is 2. The van der Waals surface area contributed by atoms with E-state index in [0.29, 0.717) is 17.1 Å². The van der Waals surface area contributed by atoms with E-state index in [9.17, 15) is 18.0 Å². The maximum Gasteiger partial charge on any atom is 0.267 e. The number of carbonyl (C=O) groups is 2. The summed E-state index contributed by atoms with van der Waals surface area (Å²) < 4.78 is 31.3. The van der Waals surface area contributed by atoms with E-state index in [1.54, 1.807) is 30.3 Å². The average Bonchev–Trinajstić information content (AvgIpc) is 2.60. The molecule has 1 unspecified atom stereocenters. The first-order chi connectivity index (χ1) is 12.6. The van der Waals surface area contributed by atoms with Crippen LogP contribution in [0.3, 0.4) is 0 Å². The van der Waals surface area contributed by atoms with Gasteiger partial charge in [-0.2, -0.15) is 0 Å². The summed E-state index contributed by atoms with van der Waals surface area (Å²) >= 11 is 0. The van der Waals surface area contributed by atoms with Gasteiger partial charge in [0.25, 0.3) is 5.91 Å². The van der Waals surface area contributed by atoms with E-state index in [2.05, 4.69) is 5.32 Å². The molecule has 27 heavy (non-hydrogen) atoms. The van der Waals surface area contributed by atoms with Crippen LogP contribution in [0.5, 0.6) is 5.75 Å². The summed E-state index contributed by atoms with van der Waals surface area (Å²) in [4.78, 5) is 23.9. The van der Waals surface area contributed by atoms with Gasteiger partial charge in [-0.05, 0) is 42.8 Å². The first-order valence-electron chi connectivity index (χ1n) is 8.11. The lowest BCUT2D eigenvalue weighted by molar-refractivity contribution is -0.122. The van der Waals surface area contributed by atoms with Gasteiger partial charge in [-0.3, -0.25) is 13.9 Å². The number of ether oxygens (including phenoxy) is 1. The van der Waals surface area contributed by atoms with Gasteiger partial charge in [-0.25, -0.2) is 8.42 Å². The summed E-state index contributed by atoms with van der Waals surface area (Å²) in [6.07, 6.45) is 0.0302. The zero-order valence-corrected chi connectivity index (χ0v) is 15.6. The van der Waals surface area contributed by atoms with Crippen LogP contribution in [-0.2, 0) is 14.8 Å². The summed E-state index contributed by atoms with van der Waals surface area (Å²) in [5.41, 5.74) is 7.12. The highest BCUT2D eigenvalue weighted by Crippen LogP contribution is 2.36. The summed E-state index contributed by atoms with van der Waals surface area (Å²) in [6, 6.07) is 11.2. The SMILES string of the molecule is Cc1ccc2c(c1)N(S(C)(=O)=O)CC(C(=O)Nc1cccc(C(N)=O)c1)O2. The molecule has 2 amide bonds. The lowest BCUT2D eigenvalue weighted by Gasteiger charge is -2.34. The third kappa shape index (κ3) is 4.03. The fourth-order valence-corrected chi connectivity index (χ4v) is 3.69. The molecule has 2 aromatic carbocycles. The normalized spacial score (nSPS) is 16.2. The number of carbonyl (C=O) groups excluding carboxylic acids is 2. The van der Waals surface area contributed by atoms with Gasteiger partial charge in [0, 0.05) is 11.3 Å². The fourth-order valence-electron chi connectivity index (χ4n) is 2.78. The third-order valence-corrected chi connectivity index (χ3v) is 5.24. The van der Waals surface area contributed by atoms with E-state index in [1.165, 1.54) is 12.1 Å². The van der Waals surface area contributed by atoms with Crippen LogP contribution < -0.4 is 20.1 Å². The van der Waals surface area contributed by atoms with Gasteiger partial charge in [0.05, 0.1) is 18.5 Å². The van der Waals surface area contributed by atoms with Crippen molar-refractivity contribution in [2.24, 2.45) is 5.73 Å². The molecular formula is C18H19N3O5S. The first-order valence-corrected chi connectivity index (χ1v) is 9.96. The van der Waals surface area contributed by atoms with E-state index < -0.39 is 27.9 Å². The minimum absolute atomic E-state index is 0.156. The number of nitrogens with zero attached hydrogens (tertiary/aromatic N) is 1. The number of amides is 2. The molecule has 0 radical (unpaired) electrons. The van der Waals surface area contributed by atoms with E-state index in [0.717, 1.165) is 16.1 Å². The second-order valence-electron chi connectivity index (χ2n) is 6.31. The van der Waals surface area contributed by atoms with E-state index in [-0.39, 0.29) is 12.1 Å². The molecule has 0 saturated carbocycles. The van der Waals surface area contributed by atoms with Crippen LogP contribution in [0.2, 0.25) is 0 Å². The first kappa shape index (κ1) is 18.7. The largest absolute Gasteiger partial charge is 0.476 e. The zero-order valence-electron chi connectivity index (χ0n) is 14.8. The number of benzene rings is 2.